The summed E-state index contributed by atoms with van der Waals surface area (Å²) >= 11 is 5.54. The maximum atomic E-state index is 5.54. The molecule has 0 radical (unpaired) electrons. The second-order valence-corrected chi connectivity index (χ2v) is 6.71. The number of thiocarbonyl (C=S) groups is 1. The molecule has 6 nitrogen and oxygen atoms in total. The maximum absolute atomic E-state index is 5.54. The molecule has 3 heterocycles. The van der Waals surface area contributed by atoms with Gasteiger partial charge in [-0.2, -0.15) is 0 Å². The number of benzene rings is 2. The number of nitrogens with one attached hydrogen (secondary N) is 2. The number of nitrogens with zero attached hydrogens (tertiary/aromatic N) is 3. The lowest BCUT2D eigenvalue weighted by Gasteiger charge is -2.29. The molecule has 4 aromatic rings. The van der Waals surface area contributed by atoms with Gasteiger partial charge in [0.15, 0.2) is 10.8 Å². The number of para-hydroxylation sites is 2. The molecule has 130 valence electrons. The Kier molecular flexibility index (Phi) is 3.69. The molecule has 0 spiro atoms. The topological polar surface area (TPSA) is 66.1 Å². The molecule has 0 unspecified atom stereocenters. The number of morpholine rings is 1. The molecule has 1 fully saturated rings. The number of hydrogen-bond donors (Lipinski definition) is 2. The lowest BCUT2D eigenvalue weighted by molar-refractivity contribution is 0.0690. The van der Waals surface area contributed by atoms with E-state index in [0.717, 1.165) is 57.0 Å². The average molecular weight is 363 g/mol. The number of aromatic nitrogens is 3. The first-order valence-corrected chi connectivity index (χ1v) is 9.01. The molecule has 5 rings (SSSR count). The van der Waals surface area contributed by atoms with Crippen molar-refractivity contribution in [1.29, 1.82) is 0 Å². The number of hydrogen-bond acceptors (Lipinski definition) is 4. The van der Waals surface area contributed by atoms with E-state index in [4.69, 9.17) is 26.9 Å². The summed E-state index contributed by atoms with van der Waals surface area (Å²) in [6, 6.07) is 14.0. The van der Waals surface area contributed by atoms with Gasteiger partial charge in [0.1, 0.15) is 5.52 Å². The first-order valence-electron chi connectivity index (χ1n) is 8.60. The number of ether oxygens (including phenoxy) is 1. The molecule has 1 aliphatic heterocycles. The zero-order valence-corrected chi connectivity index (χ0v) is 14.8. The number of anilines is 1. The van der Waals surface area contributed by atoms with E-state index in [2.05, 4.69) is 21.3 Å². The van der Waals surface area contributed by atoms with Crippen LogP contribution in [0.2, 0.25) is 0 Å². The van der Waals surface area contributed by atoms with E-state index in [1.165, 1.54) is 0 Å². The Morgan fingerprint density at radius 2 is 1.85 bits per heavy atom. The molecule has 0 amide bonds. The Balaban J connectivity index is 1.54. The molecule has 26 heavy (non-hydrogen) atoms. The second kappa shape index (κ2) is 6.19. The number of aromatic amines is 1. The standard InChI is InChI=1S/C19H17N5OS/c26-19(24-7-9-25-10-8-24)20-12-5-6-14-13(11-12)17-18(22-14)23-16-4-2-1-3-15(16)21-17/h1-6,11H,7-10H2,(H,20,26)(H,22,23). The van der Waals surface area contributed by atoms with Crippen LogP contribution in [0.25, 0.3) is 33.1 Å². The zero-order valence-electron chi connectivity index (χ0n) is 14.0. The van der Waals surface area contributed by atoms with Crippen molar-refractivity contribution in [3.63, 3.8) is 0 Å². The highest BCUT2D eigenvalue weighted by molar-refractivity contribution is 7.80. The number of fused-ring (bicyclic) bond motifs is 4. The Morgan fingerprint density at radius 1 is 1.08 bits per heavy atom. The van der Waals surface area contributed by atoms with E-state index in [1.54, 1.807) is 0 Å². The van der Waals surface area contributed by atoms with E-state index in [9.17, 15) is 0 Å². The minimum atomic E-state index is 0.714. The van der Waals surface area contributed by atoms with Crippen molar-refractivity contribution in [2.24, 2.45) is 0 Å². The predicted molar refractivity (Wildman–Crippen MR) is 108 cm³/mol. The Bertz CT molecular complexity index is 1130. The van der Waals surface area contributed by atoms with Crippen molar-refractivity contribution in [2.75, 3.05) is 31.6 Å². The van der Waals surface area contributed by atoms with Crippen LogP contribution < -0.4 is 5.32 Å². The highest BCUT2D eigenvalue weighted by atomic mass is 32.1. The summed E-state index contributed by atoms with van der Waals surface area (Å²) in [4.78, 5) is 15.0. The molecular formula is C19H17N5OS. The monoisotopic (exact) mass is 363 g/mol. The minimum Gasteiger partial charge on any atom is -0.378 e. The van der Waals surface area contributed by atoms with Crippen LogP contribution in [0.4, 0.5) is 5.69 Å². The van der Waals surface area contributed by atoms with Crippen LogP contribution in [-0.2, 0) is 4.74 Å². The van der Waals surface area contributed by atoms with Crippen LogP contribution in [0.3, 0.4) is 0 Å². The van der Waals surface area contributed by atoms with E-state index in [0.29, 0.717) is 13.2 Å². The van der Waals surface area contributed by atoms with E-state index < -0.39 is 0 Å². The molecule has 0 aliphatic carbocycles. The van der Waals surface area contributed by atoms with Crippen LogP contribution >= 0.6 is 12.2 Å². The largest absolute Gasteiger partial charge is 0.378 e. The van der Waals surface area contributed by atoms with Crippen LogP contribution in [0.15, 0.2) is 42.5 Å². The second-order valence-electron chi connectivity index (χ2n) is 6.32. The van der Waals surface area contributed by atoms with Crippen LogP contribution in [0.1, 0.15) is 0 Å². The quantitative estimate of drug-likeness (QED) is 0.506. The summed E-state index contributed by atoms with van der Waals surface area (Å²) in [7, 11) is 0. The highest BCUT2D eigenvalue weighted by Gasteiger charge is 2.14. The van der Waals surface area contributed by atoms with Crippen LogP contribution in [0, 0.1) is 0 Å². The fourth-order valence-electron chi connectivity index (χ4n) is 3.30. The van der Waals surface area contributed by atoms with Gasteiger partial charge >= 0.3 is 0 Å². The molecule has 2 aromatic heterocycles. The number of H-pyrrole nitrogens is 1. The summed E-state index contributed by atoms with van der Waals surface area (Å²) in [6.07, 6.45) is 0. The molecule has 1 aliphatic rings. The molecule has 2 N–H and O–H groups in total. The van der Waals surface area contributed by atoms with Gasteiger partial charge in [-0.15, -0.1) is 0 Å². The van der Waals surface area contributed by atoms with Crippen LogP contribution in [-0.4, -0.2) is 51.3 Å². The van der Waals surface area contributed by atoms with Gasteiger partial charge in [-0.25, -0.2) is 9.97 Å². The lowest BCUT2D eigenvalue weighted by atomic mass is 10.2. The van der Waals surface area contributed by atoms with Gasteiger partial charge in [0, 0.05) is 29.7 Å². The summed E-state index contributed by atoms with van der Waals surface area (Å²) in [6.45, 7) is 3.06. The van der Waals surface area contributed by atoms with E-state index in [1.807, 2.05) is 36.4 Å². The third kappa shape index (κ3) is 2.65. The molecule has 0 bridgehead atoms. The Labute approximate surface area is 155 Å². The van der Waals surface area contributed by atoms with Crippen LogP contribution in [0.5, 0.6) is 0 Å². The van der Waals surface area contributed by atoms with E-state index >= 15 is 0 Å². The molecule has 0 saturated carbocycles. The van der Waals surface area contributed by atoms with Gasteiger partial charge in [-0.1, -0.05) is 12.1 Å². The summed E-state index contributed by atoms with van der Waals surface area (Å²) in [5, 5.41) is 5.10. The van der Waals surface area contributed by atoms with Gasteiger partial charge in [0.2, 0.25) is 0 Å². The first kappa shape index (κ1) is 15.5. The molecule has 0 atom stereocenters. The Morgan fingerprint density at radius 3 is 2.65 bits per heavy atom. The molecule has 2 aromatic carbocycles. The zero-order chi connectivity index (χ0) is 17.5. The fourth-order valence-corrected chi connectivity index (χ4v) is 3.60. The van der Waals surface area contributed by atoms with Gasteiger partial charge in [0.05, 0.1) is 24.2 Å². The molecule has 7 heteroatoms. The third-order valence-corrected chi connectivity index (χ3v) is 5.01. The van der Waals surface area contributed by atoms with Crippen molar-refractivity contribution in [2.45, 2.75) is 0 Å². The summed E-state index contributed by atoms with van der Waals surface area (Å²) in [5.41, 5.74) is 5.41. The fraction of sp³-hybridized carbons (Fsp3) is 0.211. The SMILES string of the molecule is S=C(Nc1ccc2[nH]c3nc4ccccc4nc3c2c1)N1CCOCC1. The third-order valence-electron chi connectivity index (χ3n) is 4.65. The molecular weight excluding hydrogens is 346 g/mol. The van der Waals surface area contributed by atoms with Crippen molar-refractivity contribution in [1.82, 2.24) is 19.9 Å². The van der Waals surface area contributed by atoms with Crippen molar-refractivity contribution < 1.29 is 4.74 Å². The van der Waals surface area contributed by atoms with Crippen molar-refractivity contribution in [3.8, 4) is 0 Å². The normalized spacial score (nSPS) is 15.0. The molecule has 1 saturated heterocycles. The smallest absolute Gasteiger partial charge is 0.173 e. The summed E-state index contributed by atoms with van der Waals surface area (Å²) in [5.74, 6) is 0. The Hall–Kier alpha value is -2.77. The van der Waals surface area contributed by atoms with Gasteiger partial charge in [-0.05, 0) is 42.5 Å². The van der Waals surface area contributed by atoms with Crippen molar-refractivity contribution in [3.05, 3.63) is 42.5 Å². The predicted octanol–water partition coefficient (Wildman–Crippen LogP) is 3.29. The first-order chi connectivity index (χ1) is 12.8. The van der Waals surface area contributed by atoms with Gasteiger partial charge in [0.25, 0.3) is 0 Å². The van der Waals surface area contributed by atoms with Gasteiger partial charge < -0.3 is 19.9 Å². The minimum absolute atomic E-state index is 0.714. The van der Waals surface area contributed by atoms with E-state index in [-0.39, 0.29) is 0 Å². The maximum Gasteiger partial charge on any atom is 0.173 e. The lowest BCUT2D eigenvalue weighted by Crippen LogP contribution is -2.42. The van der Waals surface area contributed by atoms with Gasteiger partial charge in [-0.3, -0.25) is 0 Å². The van der Waals surface area contributed by atoms with Crippen molar-refractivity contribution >= 4 is 56.1 Å². The highest BCUT2D eigenvalue weighted by Crippen LogP contribution is 2.27. The number of rotatable bonds is 1. The summed E-state index contributed by atoms with van der Waals surface area (Å²) < 4.78 is 5.38. The average Bonchev–Trinajstić information content (AvgIpc) is 3.03.